The minimum Gasteiger partial charge on any atom is -0.489 e. The van der Waals surface area contributed by atoms with Gasteiger partial charge in [-0.15, -0.1) is 0 Å². The Bertz CT molecular complexity index is 1110. The van der Waals surface area contributed by atoms with Crippen molar-refractivity contribution >= 4 is 5.97 Å². The van der Waals surface area contributed by atoms with E-state index in [1.165, 1.54) is 7.11 Å². The molecule has 4 N–H and O–H groups in total. The van der Waals surface area contributed by atoms with Gasteiger partial charge >= 0.3 is 5.97 Å². The van der Waals surface area contributed by atoms with Crippen LogP contribution in [0.4, 0.5) is 0 Å². The predicted molar refractivity (Wildman–Crippen MR) is 118 cm³/mol. The van der Waals surface area contributed by atoms with Crippen molar-refractivity contribution in [2.24, 2.45) is 11.5 Å². The van der Waals surface area contributed by atoms with Crippen LogP contribution in [0, 0.1) is 0 Å². The topological polar surface area (TPSA) is 96.8 Å². The van der Waals surface area contributed by atoms with Gasteiger partial charge in [0.1, 0.15) is 24.7 Å². The maximum Gasteiger partial charge on any atom is 0.310 e. The Hall–Kier alpha value is -3.35. The molecule has 0 saturated heterocycles. The number of ether oxygens (including phenoxy) is 3. The van der Waals surface area contributed by atoms with E-state index in [2.05, 4.69) is 18.2 Å². The lowest BCUT2D eigenvalue weighted by Crippen LogP contribution is -2.10. The van der Waals surface area contributed by atoms with Crippen LogP contribution in [-0.2, 0) is 42.3 Å². The summed E-state index contributed by atoms with van der Waals surface area (Å²) in [7, 11) is 1.38. The van der Waals surface area contributed by atoms with Crippen molar-refractivity contribution in [1.29, 1.82) is 0 Å². The fourth-order valence-corrected chi connectivity index (χ4v) is 3.76. The Labute approximate surface area is 181 Å². The third-order valence-corrected chi connectivity index (χ3v) is 5.48. The molecule has 0 amide bonds. The average molecular weight is 418 g/mol. The molecule has 3 aromatic rings. The first-order chi connectivity index (χ1) is 15.1. The molecule has 4 rings (SSSR count). The van der Waals surface area contributed by atoms with Gasteiger partial charge < -0.3 is 25.7 Å². The largest absolute Gasteiger partial charge is 0.489 e. The Balaban J connectivity index is 1.60. The molecule has 0 aromatic heterocycles. The van der Waals surface area contributed by atoms with E-state index < -0.39 is 0 Å². The molecular formula is C25H26N2O4. The molecule has 1 aliphatic heterocycles. The standard InChI is InChI=1S/C25H26N2O4/c1-29-24(28)11-18-7-5-16(12-26)10-23(18)30-14-17-6-8-20-15-31-25-19(13-27)3-2-4-21(25)22(20)9-17/h2-10H,11-15,26-27H2,1H3. The number of fused-ring (bicyclic) bond motifs is 3. The van der Waals surface area contributed by atoms with E-state index in [-0.39, 0.29) is 12.4 Å². The van der Waals surface area contributed by atoms with Crippen LogP contribution in [0.3, 0.4) is 0 Å². The first kappa shape index (κ1) is 20.9. The molecule has 1 aliphatic rings. The van der Waals surface area contributed by atoms with E-state index >= 15 is 0 Å². The van der Waals surface area contributed by atoms with Crippen LogP contribution in [0.5, 0.6) is 11.5 Å². The second kappa shape index (κ2) is 9.20. The number of nitrogens with two attached hydrogens (primary N) is 2. The normalized spacial score (nSPS) is 11.8. The molecule has 1 heterocycles. The summed E-state index contributed by atoms with van der Waals surface area (Å²) in [5.74, 6) is 1.18. The molecule has 0 unspecified atom stereocenters. The predicted octanol–water partition coefficient (Wildman–Crippen LogP) is 3.46. The number of rotatable bonds is 7. The van der Waals surface area contributed by atoms with Gasteiger partial charge in [0.25, 0.3) is 0 Å². The molecule has 6 heteroatoms. The summed E-state index contributed by atoms with van der Waals surface area (Å²) < 4.78 is 16.9. The van der Waals surface area contributed by atoms with Crippen molar-refractivity contribution in [1.82, 2.24) is 0 Å². The summed E-state index contributed by atoms with van der Waals surface area (Å²) in [5.41, 5.74) is 18.7. The van der Waals surface area contributed by atoms with Gasteiger partial charge in [-0.2, -0.15) is 0 Å². The van der Waals surface area contributed by atoms with Gasteiger partial charge in [0, 0.05) is 29.8 Å². The highest BCUT2D eigenvalue weighted by molar-refractivity contribution is 5.77. The van der Waals surface area contributed by atoms with Crippen LogP contribution >= 0.6 is 0 Å². The van der Waals surface area contributed by atoms with E-state index in [0.29, 0.717) is 32.1 Å². The third kappa shape index (κ3) is 4.40. The first-order valence-corrected chi connectivity index (χ1v) is 10.2. The molecule has 0 bridgehead atoms. The average Bonchev–Trinajstić information content (AvgIpc) is 2.82. The van der Waals surface area contributed by atoms with Gasteiger partial charge in [-0.3, -0.25) is 4.79 Å². The fourth-order valence-electron chi connectivity index (χ4n) is 3.76. The zero-order valence-corrected chi connectivity index (χ0v) is 17.5. The van der Waals surface area contributed by atoms with Crippen molar-refractivity contribution in [2.75, 3.05) is 7.11 Å². The van der Waals surface area contributed by atoms with Gasteiger partial charge in [-0.1, -0.05) is 42.5 Å². The number of carbonyl (C=O) groups is 1. The molecule has 0 atom stereocenters. The molecule has 0 fully saturated rings. The number of methoxy groups -OCH3 is 1. The molecule has 0 saturated carbocycles. The summed E-state index contributed by atoms with van der Waals surface area (Å²) in [6.45, 7) is 1.71. The fraction of sp³-hybridized carbons (Fsp3) is 0.240. The van der Waals surface area contributed by atoms with Crippen molar-refractivity contribution in [2.45, 2.75) is 32.7 Å². The number of benzene rings is 3. The number of hydrogen-bond acceptors (Lipinski definition) is 6. The summed E-state index contributed by atoms with van der Waals surface area (Å²) in [5, 5.41) is 0. The quantitative estimate of drug-likeness (QED) is 0.571. The summed E-state index contributed by atoms with van der Waals surface area (Å²) in [6, 6.07) is 17.9. The van der Waals surface area contributed by atoms with E-state index in [1.54, 1.807) is 0 Å². The molecule has 6 nitrogen and oxygen atoms in total. The molecule has 160 valence electrons. The van der Waals surface area contributed by atoms with Gasteiger partial charge in [0.15, 0.2) is 0 Å². The number of hydrogen-bond donors (Lipinski definition) is 2. The highest BCUT2D eigenvalue weighted by Gasteiger charge is 2.20. The van der Waals surface area contributed by atoms with Crippen LogP contribution in [0.2, 0.25) is 0 Å². The summed E-state index contributed by atoms with van der Waals surface area (Å²) in [6.07, 6.45) is 0.146. The minimum atomic E-state index is -0.313. The number of carbonyl (C=O) groups excluding carboxylic acids is 1. The monoisotopic (exact) mass is 418 g/mol. The lowest BCUT2D eigenvalue weighted by molar-refractivity contribution is -0.139. The summed E-state index contributed by atoms with van der Waals surface area (Å²) >= 11 is 0. The van der Waals surface area contributed by atoms with E-state index in [4.69, 9.17) is 25.7 Å². The SMILES string of the molecule is COC(=O)Cc1ccc(CN)cc1OCc1ccc2c(c1)-c1cccc(CN)c1OC2. The zero-order valence-electron chi connectivity index (χ0n) is 17.5. The number of esters is 1. The molecule has 31 heavy (non-hydrogen) atoms. The van der Waals surface area contributed by atoms with E-state index in [9.17, 15) is 4.79 Å². The van der Waals surface area contributed by atoms with E-state index in [0.717, 1.165) is 44.7 Å². The van der Waals surface area contributed by atoms with Crippen LogP contribution < -0.4 is 20.9 Å². The maximum atomic E-state index is 11.8. The maximum absolute atomic E-state index is 11.8. The second-order valence-electron chi connectivity index (χ2n) is 7.47. The molecule has 0 aliphatic carbocycles. The first-order valence-electron chi connectivity index (χ1n) is 10.2. The van der Waals surface area contributed by atoms with Crippen LogP contribution in [0.15, 0.2) is 54.6 Å². The highest BCUT2D eigenvalue weighted by atomic mass is 16.5. The van der Waals surface area contributed by atoms with Gasteiger partial charge in [-0.05, 0) is 34.4 Å². The molecular weight excluding hydrogens is 392 g/mol. The Kier molecular flexibility index (Phi) is 6.21. The summed E-state index contributed by atoms with van der Waals surface area (Å²) in [4.78, 5) is 11.8. The van der Waals surface area contributed by atoms with E-state index in [1.807, 2.05) is 36.4 Å². The Morgan fingerprint density at radius 2 is 1.81 bits per heavy atom. The molecule has 3 aromatic carbocycles. The van der Waals surface area contributed by atoms with Crippen molar-refractivity contribution in [3.63, 3.8) is 0 Å². The Morgan fingerprint density at radius 3 is 2.58 bits per heavy atom. The smallest absolute Gasteiger partial charge is 0.310 e. The number of para-hydroxylation sites is 1. The van der Waals surface area contributed by atoms with Gasteiger partial charge in [0.2, 0.25) is 0 Å². The highest BCUT2D eigenvalue weighted by Crippen LogP contribution is 2.40. The van der Waals surface area contributed by atoms with Crippen LogP contribution in [0.1, 0.15) is 27.8 Å². The molecule has 0 spiro atoms. The van der Waals surface area contributed by atoms with Crippen LogP contribution in [0.25, 0.3) is 11.1 Å². The second-order valence-corrected chi connectivity index (χ2v) is 7.47. The van der Waals surface area contributed by atoms with Gasteiger partial charge in [0.05, 0.1) is 13.5 Å². The lowest BCUT2D eigenvalue weighted by atomic mass is 9.93. The van der Waals surface area contributed by atoms with Crippen LogP contribution in [-0.4, -0.2) is 13.1 Å². The van der Waals surface area contributed by atoms with Crippen molar-refractivity contribution in [3.8, 4) is 22.6 Å². The van der Waals surface area contributed by atoms with Gasteiger partial charge in [-0.25, -0.2) is 0 Å². The Morgan fingerprint density at radius 1 is 0.968 bits per heavy atom. The van der Waals surface area contributed by atoms with Crippen molar-refractivity contribution in [3.05, 3.63) is 82.4 Å². The molecule has 0 radical (unpaired) electrons. The zero-order chi connectivity index (χ0) is 21.8. The minimum absolute atomic E-state index is 0.146. The van der Waals surface area contributed by atoms with Crippen molar-refractivity contribution < 1.29 is 19.0 Å². The third-order valence-electron chi connectivity index (χ3n) is 5.48. The lowest BCUT2D eigenvalue weighted by Gasteiger charge is -2.23.